The van der Waals surface area contributed by atoms with E-state index in [0.717, 1.165) is 11.3 Å². The average molecular weight is 288 g/mol. The van der Waals surface area contributed by atoms with Gasteiger partial charge in [-0.15, -0.1) is 0 Å². The van der Waals surface area contributed by atoms with Crippen LogP contribution in [0.15, 0.2) is 42.7 Å². The number of amides is 1. The van der Waals surface area contributed by atoms with Crippen LogP contribution in [0.4, 0.5) is 0 Å². The van der Waals surface area contributed by atoms with Gasteiger partial charge in [-0.3, -0.25) is 4.79 Å². The molecule has 0 unspecified atom stereocenters. The van der Waals surface area contributed by atoms with Gasteiger partial charge >= 0.3 is 0 Å². The van der Waals surface area contributed by atoms with Gasteiger partial charge in [0.2, 0.25) is 5.91 Å². The Kier molecular flexibility index (Phi) is 5.93. The number of aromatic nitrogens is 2. The molecule has 0 aliphatic heterocycles. The van der Waals surface area contributed by atoms with Gasteiger partial charge in [0.25, 0.3) is 0 Å². The van der Waals surface area contributed by atoms with Crippen molar-refractivity contribution in [3.05, 3.63) is 48.3 Å². The summed E-state index contributed by atoms with van der Waals surface area (Å²) in [6.45, 7) is 2.09. The highest BCUT2D eigenvalue weighted by molar-refractivity contribution is 5.77. The summed E-state index contributed by atoms with van der Waals surface area (Å²) in [5.74, 6) is -0.0257. The zero-order chi connectivity index (χ0) is 14.9. The van der Waals surface area contributed by atoms with E-state index < -0.39 is 0 Å². The first-order chi connectivity index (χ1) is 10.3. The third kappa shape index (κ3) is 5.02. The van der Waals surface area contributed by atoms with E-state index in [1.54, 1.807) is 18.0 Å². The summed E-state index contributed by atoms with van der Waals surface area (Å²) in [6, 6.07) is 9.80. The number of ether oxygens (including phenoxy) is 1. The second kappa shape index (κ2) is 8.18. The lowest BCUT2D eigenvalue weighted by atomic mass is 10.2. The van der Waals surface area contributed by atoms with Crippen molar-refractivity contribution in [1.82, 2.24) is 20.4 Å². The van der Waals surface area contributed by atoms with Crippen molar-refractivity contribution in [3.8, 4) is 5.69 Å². The van der Waals surface area contributed by atoms with Crippen LogP contribution in [0.3, 0.4) is 0 Å². The summed E-state index contributed by atoms with van der Waals surface area (Å²) in [5, 5.41) is 10.0. The zero-order valence-corrected chi connectivity index (χ0v) is 12.1. The monoisotopic (exact) mass is 288 g/mol. The number of hydrogen-bond acceptors (Lipinski definition) is 4. The molecule has 0 saturated carbocycles. The Morgan fingerprint density at radius 3 is 2.81 bits per heavy atom. The lowest BCUT2D eigenvalue weighted by molar-refractivity contribution is -0.120. The normalized spacial score (nSPS) is 10.5. The van der Waals surface area contributed by atoms with Gasteiger partial charge in [0, 0.05) is 32.6 Å². The molecule has 2 N–H and O–H groups in total. The quantitative estimate of drug-likeness (QED) is 0.703. The van der Waals surface area contributed by atoms with Crippen molar-refractivity contribution in [3.63, 3.8) is 0 Å². The smallest absolute Gasteiger partial charge is 0.234 e. The average Bonchev–Trinajstić information content (AvgIpc) is 3.04. The molecule has 2 rings (SSSR count). The van der Waals surface area contributed by atoms with E-state index in [9.17, 15) is 4.79 Å². The number of hydrogen-bond donors (Lipinski definition) is 2. The second-order valence-electron chi connectivity index (χ2n) is 4.56. The van der Waals surface area contributed by atoms with E-state index in [-0.39, 0.29) is 5.91 Å². The number of benzene rings is 1. The molecule has 0 spiro atoms. The number of carbonyl (C=O) groups is 1. The maximum absolute atomic E-state index is 11.6. The Balaban J connectivity index is 1.75. The van der Waals surface area contributed by atoms with Gasteiger partial charge < -0.3 is 15.4 Å². The topological polar surface area (TPSA) is 68.2 Å². The van der Waals surface area contributed by atoms with Gasteiger partial charge in [-0.1, -0.05) is 12.1 Å². The molecule has 0 fully saturated rings. The van der Waals surface area contributed by atoms with E-state index in [0.29, 0.717) is 26.2 Å². The molecule has 0 bridgehead atoms. The SMILES string of the molecule is COCCNCC(=O)NCc1ccc(-n2cccn2)cc1. The minimum absolute atomic E-state index is 0.0257. The van der Waals surface area contributed by atoms with Gasteiger partial charge in [0.05, 0.1) is 18.8 Å². The van der Waals surface area contributed by atoms with E-state index in [4.69, 9.17) is 4.74 Å². The van der Waals surface area contributed by atoms with Gasteiger partial charge in [-0.25, -0.2) is 4.68 Å². The van der Waals surface area contributed by atoms with Crippen molar-refractivity contribution < 1.29 is 9.53 Å². The first kappa shape index (κ1) is 15.2. The van der Waals surface area contributed by atoms with E-state index in [2.05, 4.69) is 15.7 Å². The number of nitrogens with one attached hydrogen (secondary N) is 2. The summed E-state index contributed by atoms with van der Waals surface area (Å²) in [7, 11) is 1.63. The van der Waals surface area contributed by atoms with Gasteiger partial charge in [-0.2, -0.15) is 5.10 Å². The van der Waals surface area contributed by atoms with Gasteiger partial charge in [-0.05, 0) is 23.8 Å². The van der Waals surface area contributed by atoms with E-state index in [1.807, 2.05) is 36.5 Å². The Hall–Kier alpha value is -2.18. The van der Waals surface area contributed by atoms with E-state index >= 15 is 0 Å². The van der Waals surface area contributed by atoms with Crippen LogP contribution < -0.4 is 10.6 Å². The highest BCUT2D eigenvalue weighted by atomic mass is 16.5. The fourth-order valence-electron chi connectivity index (χ4n) is 1.83. The summed E-state index contributed by atoms with van der Waals surface area (Å²) >= 11 is 0. The van der Waals surface area contributed by atoms with Crippen LogP contribution in [0.2, 0.25) is 0 Å². The molecule has 0 aliphatic carbocycles. The zero-order valence-electron chi connectivity index (χ0n) is 12.1. The summed E-state index contributed by atoms with van der Waals surface area (Å²) < 4.78 is 6.69. The number of carbonyl (C=O) groups excluding carboxylic acids is 1. The fourth-order valence-corrected chi connectivity index (χ4v) is 1.83. The molecule has 1 amide bonds. The molecule has 0 aliphatic rings. The summed E-state index contributed by atoms with van der Waals surface area (Å²) in [6.07, 6.45) is 3.63. The summed E-state index contributed by atoms with van der Waals surface area (Å²) in [5.41, 5.74) is 2.05. The third-order valence-electron chi connectivity index (χ3n) is 2.96. The first-order valence-electron chi connectivity index (χ1n) is 6.85. The van der Waals surface area contributed by atoms with Gasteiger partial charge in [0.15, 0.2) is 0 Å². The number of rotatable bonds is 8. The predicted molar refractivity (Wildman–Crippen MR) is 80.2 cm³/mol. The van der Waals surface area contributed by atoms with Crippen LogP contribution in [0.1, 0.15) is 5.56 Å². The molecule has 6 nitrogen and oxygen atoms in total. The second-order valence-corrected chi connectivity index (χ2v) is 4.56. The molecule has 21 heavy (non-hydrogen) atoms. The van der Waals surface area contributed by atoms with Crippen LogP contribution in [0.25, 0.3) is 5.69 Å². The Morgan fingerprint density at radius 2 is 2.14 bits per heavy atom. The molecule has 0 atom stereocenters. The standard InChI is InChI=1S/C15H20N4O2/c1-21-10-8-16-12-15(20)17-11-13-3-5-14(6-4-13)19-9-2-7-18-19/h2-7,9,16H,8,10-12H2,1H3,(H,17,20). The lowest BCUT2D eigenvalue weighted by Crippen LogP contribution is -2.34. The highest BCUT2D eigenvalue weighted by Crippen LogP contribution is 2.08. The first-order valence-corrected chi connectivity index (χ1v) is 6.85. The highest BCUT2D eigenvalue weighted by Gasteiger charge is 2.01. The van der Waals surface area contributed by atoms with Crippen LogP contribution >= 0.6 is 0 Å². The van der Waals surface area contributed by atoms with Crippen LogP contribution in [-0.2, 0) is 16.1 Å². The molecular weight excluding hydrogens is 268 g/mol. The molecule has 6 heteroatoms. The van der Waals surface area contributed by atoms with Gasteiger partial charge in [0.1, 0.15) is 0 Å². The minimum Gasteiger partial charge on any atom is -0.383 e. The summed E-state index contributed by atoms with van der Waals surface area (Å²) in [4.78, 5) is 11.6. The van der Waals surface area contributed by atoms with Crippen LogP contribution in [-0.4, -0.2) is 42.5 Å². The maximum Gasteiger partial charge on any atom is 0.234 e. The molecule has 2 aromatic rings. The molecular formula is C15H20N4O2. The van der Waals surface area contributed by atoms with Crippen molar-refractivity contribution in [2.45, 2.75) is 6.54 Å². The Bertz CT molecular complexity index is 537. The van der Waals surface area contributed by atoms with Crippen molar-refractivity contribution in [2.75, 3.05) is 26.8 Å². The van der Waals surface area contributed by atoms with Crippen molar-refractivity contribution in [2.24, 2.45) is 0 Å². The largest absolute Gasteiger partial charge is 0.383 e. The predicted octanol–water partition coefficient (Wildman–Crippen LogP) is 0.725. The van der Waals surface area contributed by atoms with Crippen LogP contribution in [0, 0.1) is 0 Å². The molecule has 1 heterocycles. The molecule has 112 valence electrons. The lowest BCUT2D eigenvalue weighted by Gasteiger charge is -2.07. The number of methoxy groups -OCH3 is 1. The van der Waals surface area contributed by atoms with Crippen molar-refractivity contribution >= 4 is 5.91 Å². The fraction of sp³-hybridized carbons (Fsp3) is 0.333. The maximum atomic E-state index is 11.6. The Morgan fingerprint density at radius 1 is 1.33 bits per heavy atom. The Labute approximate surface area is 124 Å². The van der Waals surface area contributed by atoms with Crippen LogP contribution in [0.5, 0.6) is 0 Å². The molecule has 1 aromatic carbocycles. The molecule has 0 radical (unpaired) electrons. The minimum atomic E-state index is -0.0257. The van der Waals surface area contributed by atoms with Crippen molar-refractivity contribution in [1.29, 1.82) is 0 Å². The molecule has 1 aromatic heterocycles. The third-order valence-corrected chi connectivity index (χ3v) is 2.96. The van der Waals surface area contributed by atoms with E-state index in [1.165, 1.54) is 0 Å². The number of nitrogens with zero attached hydrogens (tertiary/aromatic N) is 2. The molecule has 0 saturated heterocycles.